The SMILES string of the molecule is CC1CC(NC(=O)N2c3ccccc3NC(=O)c3cscc32)CCN1C. The van der Waals surface area contributed by atoms with Crippen molar-refractivity contribution < 1.29 is 9.59 Å². The maximum atomic E-state index is 13.2. The van der Waals surface area contributed by atoms with Crippen molar-refractivity contribution in [2.24, 2.45) is 0 Å². The van der Waals surface area contributed by atoms with Crippen molar-refractivity contribution >= 4 is 40.3 Å². The van der Waals surface area contributed by atoms with E-state index in [2.05, 4.69) is 29.5 Å². The third kappa shape index (κ3) is 2.97. The molecule has 0 aliphatic carbocycles. The van der Waals surface area contributed by atoms with Gasteiger partial charge in [-0.05, 0) is 38.9 Å². The molecule has 0 spiro atoms. The summed E-state index contributed by atoms with van der Waals surface area (Å²) in [4.78, 5) is 29.6. The van der Waals surface area contributed by atoms with Crippen molar-refractivity contribution in [1.82, 2.24) is 10.2 Å². The highest BCUT2D eigenvalue weighted by atomic mass is 32.1. The molecule has 0 radical (unpaired) electrons. The zero-order valence-electron chi connectivity index (χ0n) is 14.9. The zero-order valence-corrected chi connectivity index (χ0v) is 15.7. The number of hydrogen-bond donors (Lipinski definition) is 2. The van der Waals surface area contributed by atoms with Gasteiger partial charge < -0.3 is 15.5 Å². The lowest BCUT2D eigenvalue weighted by molar-refractivity contribution is 0.102. The van der Waals surface area contributed by atoms with Crippen LogP contribution < -0.4 is 15.5 Å². The van der Waals surface area contributed by atoms with Gasteiger partial charge in [-0.1, -0.05) is 12.1 Å². The summed E-state index contributed by atoms with van der Waals surface area (Å²) in [5.74, 6) is -0.183. The first-order valence-corrected chi connectivity index (χ1v) is 9.76. The van der Waals surface area contributed by atoms with Gasteiger partial charge in [0.1, 0.15) is 0 Å². The Kier molecular flexibility index (Phi) is 4.42. The largest absolute Gasteiger partial charge is 0.335 e. The summed E-state index contributed by atoms with van der Waals surface area (Å²) in [7, 11) is 2.11. The Morgan fingerprint density at radius 1 is 1.27 bits per heavy atom. The summed E-state index contributed by atoms with van der Waals surface area (Å²) in [5.41, 5.74) is 2.50. The van der Waals surface area contributed by atoms with Gasteiger partial charge >= 0.3 is 6.03 Å². The molecule has 1 fully saturated rings. The third-order valence-corrected chi connectivity index (χ3v) is 5.99. The Hall–Kier alpha value is -2.38. The average Bonchev–Trinajstić information content (AvgIpc) is 3.05. The highest BCUT2D eigenvalue weighted by molar-refractivity contribution is 7.08. The van der Waals surface area contributed by atoms with Gasteiger partial charge in [0.25, 0.3) is 5.91 Å². The van der Waals surface area contributed by atoms with Crippen molar-refractivity contribution in [2.75, 3.05) is 23.8 Å². The number of likely N-dealkylation sites (tertiary alicyclic amines) is 1. The van der Waals surface area contributed by atoms with E-state index in [1.165, 1.54) is 11.3 Å². The fraction of sp³-hybridized carbons (Fsp3) is 0.368. The monoisotopic (exact) mass is 370 g/mol. The van der Waals surface area contributed by atoms with Gasteiger partial charge in [-0.2, -0.15) is 0 Å². The van der Waals surface area contributed by atoms with Gasteiger partial charge in [0.2, 0.25) is 0 Å². The number of thiophene rings is 1. The van der Waals surface area contributed by atoms with E-state index in [4.69, 9.17) is 0 Å². The first kappa shape index (κ1) is 17.1. The van der Waals surface area contributed by atoms with Crippen LogP contribution in [0.5, 0.6) is 0 Å². The Bertz CT molecular complexity index is 850. The van der Waals surface area contributed by atoms with Crippen LogP contribution in [0.25, 0.3) is 0 Å². The average molecular weight is 370 g/mol. The minimum atomic E-state index is -0.185. The van der Waals surface area contributed by atoms with E-state index in [0.717, 1.165) is 19.4 Å². The molecule has 2 atom stereocenters. The second-order valence-corrected chi connectivity index (χ2v) is 7.72. The van der Waals surface area contributed by atoms with E-state index in [9.17, 15) is 9.59 Å². The van der Waals surface area contributed by atoms with Crippen LogP contribution in [0.2, 0.25) is 0 Å². The maximum absolute atomic E-state index is 13.2. The molecule has 26 heavy (non-hydrogen) atoms. The predicted octanol–water partition coefficient (Wildman–Crippen LogP) is 3.64. The van der Waals surface area contributed by atoms with Crippen LogP contribution in [0, 0.1) is 0 Å². The summed E-state index contributed by atoms with van der Waals surface area (Å²) in [5, 5.41) is 9.73. The maximum Gasteiger partial charge on any atom is 0.326 e. The van der Waals surface area contributed by atoms with E-state index < -0.39 is 0 Å². The second kappa shape index (κ2) is 6.74. The summed E-state index contributed by atoms with van der Waals surface area (Å²) < 4.78 is 0. The van der Waals surface area contributed by atoms with E-state index in [1.54, 1.807) is 10.3 Å². The molecular formula is C19H22N4O2S. The predicted molar refractivity (Wildman–Crippen MR) is 104 cm³/mol. The molecule has 2 N–H and O–H groups in total. The topological polar surface area (TPSA) is 64.7 Å². The molecule has 2 aliphatic heterocycles. The number of nitrogens with one attached hydrogen (secondary N) is 2. The van der Waals surface area contributed by atoms with Gasteiger partial charge in [-0.25, -0.2) is 4.79 Å². The Morgan fingerprint density at radius 2 is 2.08 bits per heavy atom. The van der Waals surface area contributed by atoms with Crippen molar-refractivity contribution in [1.29, 1.82) is 0 Å². The van der Waals surface area contributed by atoms with Crippen molar-refractivity contribution in [3.63, 3.8) is 0 Å². The van der Waals surface area contributed by atoms with E-state index in [1.807, 2.05) is 29.6 Å². The van der Waals surface area contributed by atoms with Crippen molar-refractivity contribution in [2.45, 2.75) is 31.8 Å². The number of fused-ring (bicyclic) bond motifs is 2. The Balaban J connectivity index is 1.66. The summed E-state index contributed by atoms with van der Waals surface area (Å²) >= 11 is 1.42. The molecule has 2 aromatic rings. The van der Waals surface area contributed by atoms with Crippen LogP contribution in [0.1, 0.15) is 30.1 Å². The molecule has 7 heteroatoms. The first-order valence-electron chi connectivity index (χ1n) is 8.82. The molecule has 2 unspecified atom stereocenters. The van der Waals surface area contributed by atoms with Crippen LogP contribution in [0.3, 0.4) is 0 Å². The highest BCUT2D eigenvalue weighted by Crippen LogP contribution is 2.39. The molecule has 4 rings (SSSR count). The smallest absolute Gasteiger partial charge is 0.326 e. The number of carbonyl (C=O) groups is 2. The van der Waals surface area contributed by atoms with Gasteiger partial charge in [0.05, 0.1) is 22.6 Å². The molecule has 6 nitrogen and oxygen atoms in total. The molecule has 2 aliphatic rings. The number of carbonyl (C=O) groups excluding carboxylic acids is 2. The fourth-order valence-corrected chi connectivity index (χ4v) is 4.40. The number of anilines is 3. The quantitative estimate of drug-likeness (QED) is 0.805. The first-order chi connectivity index (χ1) is 12.5. The fourth-order valence-electron chi connectivity index (χ4n) is 3.61. The lowest BCUT2D eigenvalue weighted by Gasteiger charge is -2.36. The molecule has 1 saturated heterocycles. The van der Waals surface area contributed by atoms with E-state index in [-0.39, 0.29) is 18.0 Å². The van der Waals surface area contributed by atoms with Crippen LogP contribution in [-0.4, -0.2) is 42.5 Å². The number of urea groups is 1. The van der Waals surface area contributed by atoms with Gasteiger partial charge in [-0.3, -0.25) is 9.69 Å². The minimum absolute atomic E-state index is 0.134. The summed E-state index contributed by atoms with van der Waals surface area (Å²) in [6.45, 7) is 3.14. The molecule has 1 aromatic heterocycles. The summed E-state index contributed by atoms with van der Waals surface area (Å²) in [6, 6.07) is 7.79. The molecule has 136 valence electrons. The molecule has 0 saturated carbocycles. The zero-order chi connectivity index (χ0) is 18.3. The minimum Gasteiger partial charge on any atom is -0.335 e. The van der Waals surface area contributed by atoms with Crippen molar-refractivity contribution in [3.8, 4) is 0 Å². The van der Waals surface area contributed by atoms with Gasteiger partial charge in [0, 0.05) is 29.4 Å². The number of nitrogens with zero attached hydrogens (tertiary/aromatic N) is 2. The molecular weight excluding hydrogens is 348 g/mol. The normalized spacial score (nSPS) is 22.8. The third-order valence-electron chi connectivity index (χ3n) is 5.26. The summed E-state index contributed by atoms with van der Waals surface area (Å²) in [6.07, 6.45) is 1.85. The standard InChI is InChI=1S/C19H22N4O2S/c1-12-9-13(7-8-22(12)2)20-19(25)23-16-6-4-3-5-15(16)21-18(24)14-10-26-11-17(14)23/h3-6,10-13H,7-9H2,1-2H3,(H,20,25)(H,21,24). The van der Waals surface area contributed by atoms with Crippen LogP contribution in [-0.2, 0) is 0 Å². The Morgan fingerprint density at radius 3 is 2.88 bits per heavy atom. The number of para-hydroxylation sites is 2. The lowest BCUT2D eigenvalue weighted by atomic mass is 9.99. The van der Waals surface area contributed by atoms with Gasteiger partial charge in [-0.15, -0.1) is 11.3 Å². The lowest BCUT2D eigenvalue weighted by Crippen LogP contribution is -2.50. The van der Waals surface area contributed by atoms with Gasteiger partial charge in [0.15, 0.2) is 0 Å². The van der Waals surface area contributed by atoms with Crippen LogP contribution in [0.4, 0.5) is 21.9 Å². The van der Waals surface area contributed by atoms with E-state index >= 15 is 0 Å². The number of rotatable bonds is 1. The van der Waals surface area contributed by atoms with Crippen LogP contribution in [0.15, 0.2) is 35.0 Å². The molecule has 1 aromatic carbocycles. The molecule has 3 heterocycles. The molecule has 0 bridgehead atoms. The number of hydrogen-bond acceptors (Lipinski definition) is 4. The Labute approximate surface area is 156 Å². The van der Waals surface area contributed by atoms with Crippen LogP contribution >= 0.6 is 11.3 Å². The van der Waals surface area contributed by atoms with Crippen molar-refractivity contribution in [3.05, 3.63) is 40.6 Å². The number of amides is 3. The van der Waals surface area contributed by atoms with E-state index in [0.29, 0.717) is 28.7 Å². The second-order valence-electron chi connectivity index (χ2n) is 6.98. The number of benzene rings is 1. The molecule has 3 amide bonds. The number of piperidine rings is 1. The highest BCUT2D eigenvalue weighted by Gasteiger charge is 2.32.